The third-order valence-electron chi connectivity index (χ3n) is 4.49. The number of nitrogens with zero attached hydrogens (tertiary/aromatic N) is 1. The monoisotopic (exact) mass is 449 g/mol. The first kappa shape index (κ1) is 18.7. The standard InChI is InChI=1S/C17H24INO3S/c1-4-14(18)19(15(20)12-7-5-11(2)6-8-12)16-13(9-10-23-16)17(21)22-3/h9-12,14H,4-8H2,1-3H3. The first-order valence-electron chi connectivity index (χ1n) is 8.12. The van der Waals surface area contributed by atoms with Gasteiger partial charge in [-0.2, -0.15) is 0 Å². The average molecular weight is 449 g/mol. The molecule has 1 aromatic heterocycles. The molecule has 0 aromatic carbocycles. The Bertz CT molecular complexity index is 552. The van der Waals surface area contributed by atoms with Gasteiger partial charge in [0, 0.05) is 5.92 Å². The first-order chi connectivity index (χ1) is 11.0. The van der Waals surface area contributed by atoms with Gasteiger partial charge in [-0.15, -0.1) is 11.3 Å². The second-order valence-corrected chi connectivity index (χ2v) is 8.47. The predicted octanol–water partition coefficient (Wildman–Crippen LogP) is 4.87. The van der Waals surface area contributed by atoms with Crippen LogP contribution in [0.5, 0.6) is 0 Å². The van der Waals surface area contributed by atoms with Gasteiger partial charge in [0.1, 0.15) is 5.00 Å². The number of methoxy groups -OCH3 is 1. The second kappa shape index (κ2) is 8.46. The van der Waals surface area contributed by atoms with Crippen LogP contribution in [-0.4, -0.2) is 23.0 Å². The second-order valence-electron chi connectivity index (χ2n) is 6.14. The number of anilines is 1. The Hall–Kier alpha value is -0.630. The molecule has 0 spiro atoms. The Kier molecular flexibility index (Phi) is 6.88. The van der Waals surface area contributed by atoms with Crippen LogP contribution in [0.1, 0.15) is 56.3 Å². The van der Waals surface area contributed by atoms with Crippen molar-refractivity contribution in [2.24, 2.45) is 11.8 Å². The molecule has 0 radical (unpaired) electrons. The van der Waals surface area contributed by atoms with E-state index in [0.717, 1.165) is 37.1 Å². The summed E-state index contributed by atoms with van der Waals surface area (Å²) >= 11 is 3.73. The molecule has 0 saturated heterocycles. The Morgan fingerprint density at radius 3 is 2.61 bits per heavy atom. The lowest BCUT2D eigenvalue weighted by Crippen LogP contribution is -2.42. The molecule has 1 fully saturated rings. The zero-order valence-electron chi connectivity index (χ0n) is 13.9. The molecule has 1 atom stereocenters. The number of rotatable bonds is 5. The summed E-state index contributed by atoms with van der Waals surface area (Å²) in [5.41, 5.74) is 0.491. The fourth-order valence-electron chi connectivity index (χ4n) is 3.00. The van der Waals surface area contributed by atoms with Gasteiger partial charge >= 0.3 is 5.97 Å². The van der Waals surface area contributed by atoms with E-state index >= 15 is 0 Å². The van der Waals surface area contributed by atoms with E-state index in [1.165, 1.54) is 18.4 Å². The van der Waals surface area contributed by atoms with Crippen LogP contribution in [0, 0.1) is 11.8 Å². The van der Waals surface area contributed by atoms with Crippen LogP contribution in [-0.2, 0) is 9.53 Å². The Labute approximate surface area is 155 Å². The van der Waals surface area contributed by atoms with E-state index in [4.69, 9.17) is 4.74 Å². The molecule has 1 aromatic rings. The lowest BCUT2D eigenvalue weighted by atomic mass is 9.82. The van der Waals surface area contributed by atoms with Crippen LogP contribution in [0.15, 0.2) is 11.4 Å². The van der Waals surface area contributed by atoms with E-state index in [9.17, 15) is 9.59 Å². The number of halogens is 1. The highest BCUT2D eigenvalue weighted by molar-refractivity contribution is 14.1. The summed E-state index contributed by atoms with van der Waals surface area (Å²) in [5, 5.41) is 2.57. The highest BCUT2D eigenvalue weighted by atomic mass is 127. The maximum Gasteiger partial charge on any atom is 0.340 e. The smallest absolute Gasteiger partial charge is 0.340 e. The maximum atomic E-state index is 13.1. The van der Waals surface area contributed by atoms with Gasteiger partial charge in [0.25, 0.3) is 0 Å². The Balaban J connectivity index is 2.29. The van der Waals surface area contributed by atoms with E-state index in [0.29, 0.717) is 11.5 Å². The van der Waals surface area contributed by atoms with Gasteiger partial charge in [-0.1, -0.05) is 36.4 Å². The summed E-state index contributed by atoms with van der Waals surface area (Å²) in [6, 6.07) is 1.74. The SMILES string of the molecule is CCC(I)N(C(=O)C1CCC(C)CC1)c1sccc1C(=O)OC. The molecule has 0 aliphatic heterocycles. The molecule has 1 aliphatic carbocycles. The quantitative estimate of drug-likeness (QED) is 0.279. The van der Waals surface area contributed by atoms with Gasteiger partial charge in [-0.25, -0.2) is 4.79 Å². The zero-order valence-corrected chi connectivity index (χ0v) is 16.9. The van der Waals surface area contributed by atoms with E-state index in [2.05, 4.69) is 36.4 Å². The van der Waals surface area contributed by atoms with Crippen molar-refractivity contribution in [3.8, 4) is 0 Å². The predicted molar refractivity (Wildman–Crippen MR) is 102 cm³/mol. The van der Waals surface area contributed by atoms with Crippen molar-refractivity contribution in [3.05, 3.63) is 17.0 Å². The summed E-state index contributed by atoms with van der Waals surface area (Å²) in [4.78, 5) is 27.0. The van der Waals surface area contributed by atoms with Gasteiger partial charge in [0.2, 0.25) is 5.91 Å². The van der Waals surface area contributed by atoms with Crippen molar-refractivity contribution >= 4 is 50.8 Å². The minimum atomic E-state index is -0.379. The average Bonchev–Trinajstić information content (AvgIpc) is 3.03. The third kappa shape index (κ3) is 4.26. The van der Waals surface area contributed by atoms with Crippen LogP contribution in [0.2, 0.25) is 0 Å². The molecule has 1 heterocycles. The molecular weight excluding hydrogens is 425 g/mol. The molecule has 4 nitrogen and oxygen atoms in total. The number of esters is 1. The molecule has 1 amide bonds. The normalized spacial score (nSPS) is 22.4. The van der Waals surface area contributed by atoms with Gasteiger partial charge in [0.15, 0.2) is 0 Å². The highest BCUT2D eigenvalue weighted by Gasteiger charge is 2.34. The Morgan fingerprint density at radius 2 is 2.04 bits per heavy atom. The largest absolute Gasteiger partial charge is 0.465 e. The fraction of sp³-hybridized carbons (Fsp3) is 0.647. The number of alkyl halides is 1. The van der Waals surface area contributed by atoms with E-state index in [1.807, 2.05) is 10.3 Å². The lowest BCUT2D eigenvalue weighted by Gasteiger charge is -2.33. The van der Waals surface area contributed by atoms with Gasteiger partial charge < -0.3 is 4.74 Å². The van der Waals surface area contributed by atoms with E-state index in [-0.39, 0.29) is 21.8 Å². The van der Waals surface area contributed by atoms with E-state index < -0.39 is 0 Å². The van der Waals surface area contributed by atoms with Crippen molar-refractivity contribution < 1.29 is 14.3 Å². The number of hydrogen-bond donors (Lipinski definition) is 0. The molecule has 2 rings (SSSR count). The number of thiophene rings is 1. The zero-order chi connectivity index (χ0) is 17.0. The van der Waals surface area contributed by atoms with Crippen molar-refractivity contribution in [2.75, 3.05) is 12.0 Å². The van der Waals surface area contributed by atoms with Crippen molar-refractivity contribution in [1.82, 2.24) is 0 Å². The van der Waals surface area contributed by atoms with Crippen LogP contribution in [0.4, 0.5) is 5.00 Å². The molecule has 128 valence electrons. The van der Waals surface area contributed by atoms with Crippen LogP contribution in [0.3, 0.4) is 0 Å². The van der Waals surface area contributed by atoms with Gasteiger partial charge in [-0.05, 0) is 49.5 Å². The number of carbonyl (C=O) groups excluding carboxylic acids is 2. The summed E-state index contributed by atoms with van der Waals surface area (Å²) in [6.07, 6.45) is 4.95. The van der Waals surface area contributed by atoms with Crippen molar-refractivity contribution in [2.45, 2.75) is 50.0 Å². The van der Waals surface area contributed by atoms with Crippen LogP contribution in [0.25, 0.3) is 0 Å². The molecule has 0 bridgehead atoms. The van der Waals surface area contributed by atoms with Crippen LogP contribution >= 0.6 is 33.9 Å². The summed E-state index contributed by atoms with van der Waals surface area (Å²) in [6.45, 7) is 4.31. The molecule has 0 N–H and O–H groups in total. The Morgan fingerprint density at radius 1 is 1.39 bits per heavy atom. The molecular formula is C17H24INO3S. The molecule has 1 saturated carbocycles. The molecule has 6 heteroatoms. The lowest BCUT2D eigenvalue weighted by molar-refractivity contribution is -0.123. The minimum absolute atomic E-state index is 0.0431. The summed E-state index contributed by atoms with van der Waals surface area (Å²) < 4.78 is 4.91. The summed E-state index contributed by atoms with van der Waals surface area (Å²) in [7, 11) is 1.37. The molecule has 23 heavy (non-hydrogen) atoms. The molecule has 1 aliphatic rings. The number of hydrogen-bond acceptors (Lipinski definition) is 4. The summed E-state index contributed by atoms with van der Waals surface area (Å²) in [5.74, 6) is 0.561. The molecule has 1 unspecified atom stereocenters. The van der Waals surface area contributed by atoms with Crippen molar-refractivity contribution in [1.29, 1.82) is 0 Å². The first-order valence-corrected chi connectivity index (χ1v) is 10.2. The maximum absolute atomic E-state index is 13.1. The van der Waals surface area contributed by atoms with Gasteiger partial charge in [0.05, 0.1) is 16.7 Å². The van der Waals surface area contributed by atoms with E-state index in [1.54, 1.807) is 6.07 Å². The van der Waals surface area contributed by atoms with Gasteiger partial charge in [-0.3, -0.25) is 9.69 Å². The van der Waals surface area contributed by atoms with Crippen molar-refractivity contribution in [3.63, 3.8) is 0 Å². The van der Waals surface area contributed by atoms with Crippen LogP contribution < -0.4 is 4.90 Å². The number of carbonyl (C=O) groups is 2. The highest BCUT2D eigenvalue weighted by Crippen LogP contribution is 2.37. The number of ether oxygens (including phenoxy) is 1. The topological polar surface area (TPSA) is 46.6 Å². The third-order valence-corrected chi connectivity index (χ3v) is 6.84. The minimum Gasteiger partial charge on any atom is -0.465 e. The fourth-order valence-corrected chi connectivity index (χ4v) is 4.69. The number of amides is 1.